The Morgan fingerprint density at radius 3 is 2.78 bits per heavy atom. The SMILES string of the molecule is C#CCC(CC)NS(=O)(=O)c1c[nH]c(C(=O)O)c1. The molecule has 18 heavy (non-hydrogen) atoms. The highest BCUT2D eigenvalue weighted by atomic mass is 32.2. The van der Waals surface area contributed by atoms with Crippen LogP contribution in [-0.4, -0.2) is 30.5 Å². The molecule has 0 amide bonds. The number of aromatic carboxylic acids is 1. The summed E-state index contributed by atoms with van der Waals surface area (Å²) in [6.45, 7) is 1.81. The average molecular weight is 270 g/mol. The number of carboxylic acid groups (broad SMARTS) is 1. The number of rotatable bonds is 6. The van der Waals surface area contributed by atoms with Crippen LogP contribution in [0, 0.1) is 12.3 Å². The Balaban J connectivity index is 2.92. The lowest BCUT2D eigenvalue weighted by Crippen LogP contribution is -2.33. The lowest BCUT2D eigenvalue weighted by atomic mass is 10.2. The molecule has 1 rings (SSSR count). The predicted molar refractivity (Wildman–Crippen MR) is 65.6 cm³/mol. The highest BCUT2D eigenvalue weighted by Crippen LogP contribution is 2.12. The van der Waals surface area contributed by atoms with Gasteiger partial charge in [-0.15, -0.1) is 12.3 Å². The molecule has 0 spiro atoms. The fraction of sp³-hybridized carbons (Fsp3) is 0.364. The number of nitrogens with one attached hydrogen (secondary N) is 2. The number of aromatic nitrogens is 1. The first-order valence-corrected chi connectivity index (χ1v) is 6.76. The standard InChI is InChI=1S/C11H14N2O4S/c1-3-5-8(4-2)13-18(16,17)9-6-10(11(14)15)12-7-9/h1,6-8,12-13H,4-5H2,2H3,(H,14,15). The van der Waals surface area contributed by atoms with Crippen molar-refractivity contribution in [2.24, 2.45) is 0 Å². The van der Waals surface area contributed by atoms with Gasteiger partial charge in [-0.3, -0.25) is 0 Å². The number of hydrogen-bond donors (Lipinski definition) is 3. The molecular formula is C11H14N2O4S. The van der Waals surface area contributed by atoms with Crippen molar-refractivity contribution < 1.29 is 18.3 Å². The summed E-state index contributed by atoms with van der Waals surface area (Å²) in [7, 11) is -3.75. The third kappa shape index (κ3) is 3.35. The molecule has 1 heterocycles. The number of H-pyrrole nitrogens is 1. The highest BCUT2D eigenvalue weighted by Gasteiger charge is 2.21. The molecule has 0 aliphatic heterocycles. The van der Waals surface area contributed by atoms with Crippen molar-refractivity contribution in [2.45, 2.75) is 30.7 Å². The van der Waals surface area contributed by atoms with Gasteiger partial charge in [0.05, 0.1) is 0 Å². The van der Waals surface area contributed by atoms with Gasteiger partial charge in [-0.05, 0) is 12.5 Å². The molecule has 1 aromatic heterocycles. The Morgan fingerprint density at radius 2 is 2.33 bits per heavy atom. The van der Waals surface area contributed by atoms with E-state index in [2.05, 4.69) is 15.6 Å². The average Bonchev–Trinajstić information content (AvgIpc) is 2.78. The Kier molecular flexibility index (Phi) is 4.53. The topological polar surface area (TPSA) is 99.3 Å². The maximum atomic E-state index is 11.9. The van der Waals surface area contributed by atoms with Gasteiger partial charge in [0.15, 0.2) is 0 Å². The maximum absolute atomic E-state index is 11.9. The Morgan fingerprint density at radius 1 is 1.67 bits per heavy atom. The van der Waals surface area contributed by atoms with Crippen molar-refractivity contribution >= 4 is 16.0 Å². The van der Waals surface area contributed by atoms with Gasteiger partial charge in [0, 0.05) is 18.7 Å². The van der Waals surface area contributed by atoms with Crippen LogP contribution in [0.2, 0.25) is 0 Å². The van der Waals surface area contributed by atoms with Gasteiger partial charge in [0.25, 0.3) is 0 Å². The van der Waals surface area contributed by atoms with Crippen molar-refractivity contribution in [1.82, 2.24) is 9.71 Å². The highest BCUT2D eigenvalue weighted by molar-refractivity contribution is 7.89. The third-order valence-electron chi connectivity index (χ3n) is 2.38. The lowest BCUT2D eigenvalue weighted by Gasteiger charge is -2.13. The number of carboxylic acids is 1. The van der Waals surface area contributed by atoms with Crippen molar-refractivity contribution in [3.63, 3.8) is 0 Å². The first-order chi connectivity index (χ1) is 8.40. The minimum Gasteiger partial charge on any atom is -0.477 e. The first-order valence-electron chi connectivity index (χ1n) is 5.28. The van der Waals surface area contributed by atoms with Crippen molar-refractivity contribution in [3.8, 4) is 12.3 Å². The quantitative estimate of drug-likeness (QED) is 0.665. The third-order valence-corrected chi connectivity index (χ3v) is 3.88. The summed E-state index contributed by atoms with van der Waals surface area (Å²) in [5, 5.41) is 8.70. The summed E-state index contributed by atoms with van der Waals surface area (Å²) in [4.78, 5) is 12.9. The van der Waals surface area contributed by atoms with Crippen molar-refractivity contribution in [3.05, 3.63) is 18.0 Å². The van der Waals surface area contributed by atoms with Crippen LogP contribution in [0.5, 0.6) is 0 Å². The van der Waals surface area contributed by atoms with E-state index in [4.69, 9.17) is 11.5 Å². The van der Waals surface area contributed by atoms with Gasteiger partial charge in [-0.1, -0.05) is 6.92 Å². The number of terminal acetylenes is 1. The molecular weight excluding hydrogens is 256 g/mol. The van der Waals surface area contributed by atoms with Crippen molar-refractivity contribution in [1.29, 1.82) is 0 Å². The van der Waals surface area contributed by atoms with Crippen LogP contribution < -0.4 is 4.72 Å². The molecule has 7 heteroatoms. The van der Waals surface area contributed by atoms with Crippen LogP contribution in [0.1, 0.15) is 30.3 Å². The van der Waals surface area contributed by atoms with Gasteiger partial charge in [-0.25, -0.2) is 17.9 Å². The van der Waals surface area contributed by atoms with Gasteiger partial charge in [0.1, 0.15) is 10.6 Å². The molecule has 0 aliphatic rings. The summed E-state index contributed by atoms with van der Waals surface area (Å²) in [5.41, 5.74) is -0.180. The number of aromatic amines is 1. The predicted octanol–water partition coefficient (Wildman–Crippen LogP) is 0.793. The summed E-state index contributed by atoms with van der Waals surface area (Å²) in [6.07, 6.45) is 7.11. The summed E-state index contributed by atoms with van der Waals surface area (Å²) < 4.78 is 26.3. The molecule has 98 valence electrons. The van der Waals surface area contributed by atoms with Crippen molar-refractivity contribution in [2.75, 3.05) is 0 Å². The zero-order valence-electron chi connectivity index (χ0n) is 9.80. The molecule has 1 atom stereocenters. The van der Waals surface area contributed by atoms with Gasteiger partial charge >= 0.3 is 5.97 Å². The van der Waals surface area contributed by atoms with E-state index in [0.717, 1.165) is 12.3 Å². The van der Waals surface area contributed by atoms with E-state index in [1.807, 2.05) is 6.92 Å². The second kappa shape index (κ2) is 5.71. The maximum Gasteiger partial charge on any atom is 0.352 e. The molecule has 1 aromatic rings. The van der Waals surface area contributed by atoms with Crippen LogP contribution >= 0.6 is 0 Å². The molecule has 0 fully saturated rings. The second-order valence-corrected chi connectivity index (χ2v) is 5.40. The van der Waals surface area contributed by atoms with E-state index in [-0.39, 0.29) is 23.1 Å². The van der Waals surface area contributed by atoms with Crippen LogP contribution in [0.25, 0.3) is 0 Å². The smallest absolute Gasteiger partial charge is 0.352 e. The van der Waals surface area contributed by atoms with E-state index in [1.165, 1.54) is 0 Å². The number of carbonyl (C=O) groups is 1. The molecule has 0 aliphatic carbocycles. The zero-order valence-corrected chi connectivity index (χ0v) is 10.6. The molecule has 1 unspecified atom stereocenters. The second-order valence-electron chi connectivity index (χ2n) is 3.69. The Labute approximate surface area is 105 Å². The van der Waals surface area contributed by atoms with E-state index < -0.39 is 16.0 Å². The fourth-order valence-corrected chi connectivity index (χ4v) is 2.66. The minimum absolute atomic E-state index is 0.115. The molecule has 0 saturated heterocycles. The van der Waals surface area contributed by atoms with Gasteiger partial charge in [-0.2, -0.15) is 0 Å². The van der Waals surface area contributed by atoms with E-state index in [9.17, 15) is 13.2 Å². The number of hydrogen-bond acceptors (Lipinski definition) is 3. The van der Waals surface area contributed by atoms with E-state index in [0.29, 0.717) is 6.42 Å². The van der Waals surface area contributed by atoms with E-state index in [1.54, 1.807) is 0 Å². The number of sulfonamides is 1. The van der Waals surface area contributed by atoms with Crippen LogP contribution in [0.15, 0.2) is 17.2 Å². The Hall–Kier alpha value is -1.78. The molecule has 0 saturated carbocycles. The van der Waals surface area contributed by atoms with Gasteiger partial charge < -0.3 is 10.1 Å². The van der Waals surface area contributed by atoms with Crippen LogP contribution in [0.4, 0.5) is 0 Å². The summed E-state index contributed by atoms with van der Waals surface area (Å²) in [5.74, 6) is 1.17. The van der Waals surface area contributed by atoms with Gasteiger partial charge in [0.2, 0.25) is 10.0 Å². The molecule has 0 bridgehead atoms. The van der Waals surface area contributed by atoms with Crippen LogP contribution in [-0.2, 0) is 10.0 Å². The van der Waals surface area contributed by atoms with E-state index >= 15 is 0 Å². The summed E-state index contributed by atoms with van der Waals surface area (Å²) >= 11 is 0. The minimum atomic E-state index is -3.75. The Bertz CT molecular complexity index is 568. The van der Waals surface area contributed by atoms with Crippen LogP contribution in [0.3, 0.4) is 0 Å². The first kappa shape index (κ1) is 14.3. The molecule has 3 N–H and O–H groups in total. The molecule has 0 aromatic carbocycles. The molecule has 6 nitrogen and oxygen atoms in total. The zero-order chi connectivity index (χ0) is 13.8. The summed E-state index contributed by atoms with van der Waals surface area (Å²) in [6, 6.07) is 0.705. The monoisotopic (exact) mass is 270 g/mol. The largest absolute Gasteiger partial charge is 0.477 e. The molecule has 0 radical (unpaired) electrons. The normalized spacial score (nSPS) is 12.9. The lowest BCUT2D eigenvalue weighted by molar-refractivity contribution is 0.0691. The fourth-order valence-electron chi connectivity index (χ4n) is 1.35.